The van der Waals surface area contributed by atoms with Crippen LogP contribution >= 0.6 is 23.2 Å². The predicted octanol–water partition coefficient (Wildman–Crippen LogP) is 2.95. The van der Waals surface area contributed by atoms with Crippen molar-refractivity contribution in [2.24, 2.45) is 22.4 Å². The van der Waals surface area contributed by atoms with Crippen LogP contribution in [0.15, 0.2) is 46.4 Å². The Hall–Kier alpha value is -2.55. The fourth-order valence-electron chi connectivity index (χ4n) is 3.56. The summed E-state index contributed by atoms with van der Waals surface area (Å²) in [5.41, 5.74) is 13.8. The molecule has 1 aromatic carbocycles. The minimum atomic E-state index is -0.343. The Morgan fingerprint density at radius 2 is 1.85 bits per heavy atom. The van der Waals surface area contributed by atoms with Crippen molar-refractivity contribution in [1.82, 2.24) is 15.5 Å². The number of carbonyl (C=O) groups excluding carboxylic acids is 2. The third kappa shape index (κ3) is 8.34. The van der Waals surface area contributed by atoms with Gasteiger partial charge in [0.15, 0.2) is 0 Å². The van der Waals surface area contributed by atoms with Gasteiger partial charge in [0.25, 0.3) is 5.91 Å². The fourth-order valence-corrected chi connectivity index (χ4v) is 3.88. The first kappa shape index (κ1) is 27.7. The van der Waals surface area contributed by atoms with Crippen LogP contribution in [-0.4, -0.2) is 48.6 Å². The first-order chi connectivity index (χ1) is 16.1. The zero-order chi connectivity index (χ0) is 25.3. The van der Waals surface area contributed by atoms with E-state index in [2.05, 4.69) is 20.5 Å². The maximum absolute atomic E-state index is 13.1. The summed E-state index contributed by atoms with van der Waals surface area (Å²) in [7, 11) is 0. The zero-order valence-electron chi connectivity index (χ0n) is 20.0. The van der Waals surface area contributed by atoms with Crippen molar-refractivity contribution in [3.05, 3.63) is 57.0 Å². The molecule has 0 atom stereocenters. The molecule has 0 aromatic heterocycles. The summed E-state index contributed by atoms with van der Waals surface area (Å²) in [5, 5.41) is 7.12. The average Bonchev–Trinajstić information content (AvgIpc) is 2.81. The molecule has 0 bridgehead atoms. The van der Waals surface area contributed by atoms with Gasteiger partial charge in [-0.25, -0.2) is 0 Å². The van der Waals surface area contributed by atoms with Crippen LogP contribution in [0.3, 0.4) is 0 Å². The van der Waals surface area contributed by atoms with Gasteiger partial charge in [0, 0.05) is 19.0 Å². The zero-order valence-corrected chi connectivity index (χ0v) is 21.5. The number of nitrogens with two attached hydrogens (primary N) is 2. The van der Waals surface area contributed by atoms with Gasteiger partial charge < -0.3 is 27.0 Å². The van der Waals surface area contributed by atoms with Crippen LogP contribution < -0.4 is 22.1 Å². The van der Waals surface area contributed by atoms with E-state index in [0.29, 0.717) is 41.1 Å². The second-order valence-corrected chi connectivity index (χ2v) is 9.34. The number of nitrogens with one attached hydrogen (secondary N) is 2. The number of rotatable bonds is 10. The van der Waals surface area contributed by atoms with Crippen LogP contribution in [0, 0.1) is 5.92 Å². The number of hydrogen-bond acceptors (Lipinski definition) is 6. The molecule has 186 valence electrons. The van der Waals surface area contributed by atoms with Crippen molar-refractivity contribution < 1.29 is 9.59 Å². The normalized spacial score (nSPS) is 15.7. The van der Waals surface area contributed by atoms with Crippen LogP contribution in [-0.2, 0) is 16.1 Å². The molecule has 0 unspecified atom stereocenters. The smallest absolute Gasteiger partial charge is 0.275 e. The quantitative estimate of drug-likeness (QED) is 0.361. The highest BCUT2D eigenvalue weighted by Crippen LogP contribution is 2.22. The number of amides is 2. The highest BCUT2D eigenvalue weighted by Gasteiger charge is 2.23. The number of aliphatic imine (C=N–C) groups is 1. The Balaban J connectivity index is 2.00. The molecule has 8 nitrogen and oxygen atoms in total. The predicted molar refractivity (Wildman–Crippen MR) is 138 cm³/mol. The maximum atomic E-state index is 13.1. The SMILES string of the molecule is CC(C)=C(NCc1ccc(Cl)c(Cl)c1)NC(=O)C(=NCCN1CCC(C(N)=O)CC1)/C(C)=C\N. The molecular formula is C24H34Cl2N6O2. The van der Waals surface area contributed by atoms with E-state index in [1.54, 1.807) is 19.1 Å². The molecule has 1 heterocycles. The van der Waals surface area contributed by atoms with Gasteiger partial charge in [0.2, 0.25) is 5.91 Å². The number of nitrogens with zero attached hydrogens (tertiary/aromatic N) is 2. The van der Waals surface area contributed by atoms with Gasteiger partial charge in [0.05, 0.1) is 16.6 Å². The number of carbonyl (C=O) groups is 2. The van der Waals surface area contributed by atoms with E-state index >= 15 is 0 Å². The maximum Gasteiger partial charge on any atom is 0.275 e. The van der Waals surface area contributed by atoms with Crippen molar-refractivity contribution in [1.29, 1.82) is 0 Å². The lowest BCUT2D eigenvalue weighted by Crippen LogP contribution is -2.40. The van der Waals surface area contributed by atoms with Gasteiger partial charge in [-0.3, -0.25) is 14.6 Å². The molecule has 6 N–H and O–H groups in total. The third-order valence-corrected chi connectivity index (χ3v) is 6.45. The van der Waals surface area contributed by atoms with Crippen LogP contribution in [0.1, 0.15) is 39.2 Å². The van der Waals surface area contributed by atoms with Crippen molar-refractivity contribution in [2.75, 3.05) is 26.2 Å². The van der Waals surface area contributed by atoms with Crippen LogP contribution in [0.2, 0.25) is 10.0 Å². The molecule has 1 aliphatic heterocycles. The largest absolute Gasteiger partial charge is 0.404 e. The number of piperidine rings is 1. The van der Waals surface area contributed by atoms with E-state index in [-0.39, 0.29) is 23.4 Å². The van der Waals surface area contributed by atoms with Crippen molar-refractivity contribution in [3.8, 4) is 0 Å². The number of allylic oxidation sites excluding steroid dienone is 1. The van der Waals surface area contributed by atoms with E-state index in [1.807, 2.05) is 19.9 Å². The summed E-state index contributed by atoms with van der Waals surface area (Å²) in [5.74, 6) is -0.0443. The summed E-state index contributed by atoms with van der Waals surface area (Å²) in [4.78, 5) is 31.1. The Morgan fingerprint density at radius 3 is 2.41 bits per heavy atom. The van der Waals surface area contributed by atoms with Gasteiger partial charge in [-0.05, 0) is 81.7 Å². The van der Waals surface area contributed by atoms with Gasteiger partial charge in [-0.2, -0.15) is 0 Å². The summed E-state index contributed by atoms with van der Waals surface area (Å²) in [6, 6.07) is 5.38. The highest BCUT2D eigenvalue weighted by molar-refractivity contribution is 6.45. The number of hydrogen-bond donors (Lipinski definition) is 4. The van der Waals surface area contributed by atoms with Crippen LogP contribution in [0.25, 0.3) is 0 Å². The summed E-state index contributed by atoms with van der Waals surface area (Å²) >= 11 is 12.1. The minimum Gasteiger partial charge on any atom is -0.404 e. The molecule has 0 aliphatic carbocycles. The molecule has 0 saturated carbocycles. The lowest BCUT2D eigenvalue weighted by atomic mass is 9.96. The van der Waals surface area contributed by atoms with E-state index in [9.17, 15) is 9.59 Å². The van der Waals surface area contributed by atoms with Gasteiger partial charge >= 0.3 is 0 Å². The number of primary amides is 1. The molecule has 1 aromatic rings. The fraction of sp³-hybridized carbons (Fsp3) is 0.458. The van der Waals surface area contributed by atoms with Gasteiger partial charge in [-0.1, -0.05) is 29.3 Å². The van der Waals surface area contributed by atoms with Crippen molar-refractivity contribution in [3.63, 3.8) is 0 Å². The molecule has 2 amide bonds. The number of halogens is 2. The molecule has 1 fully saturated rings. The molecule has 2 rings (SSSR count). The average molecular weight is 509 g/mol. The number of likely N-dealkylation sites (tertiary alicyclic amines) is 1. The lowest BCUT2D eigenvalue weighted by molar-refractivity contribution is -0.123. The minimum absolute atomic E-state index is 0.0533. The Kier molecular flexibility index (Phi) is 10.9. The number of benzene rings is 1. The molecule has 1 saturated heterocycles. The first-order valence-corrected chi connectivity index (χ1v) is 12.0. The topological polar surface area (TPSA) is 126 Å². The van der Waals surface area contributed by atoms with Gasteiger partial charge in [0.1, 0.15) is 11.5 Å². The van der Waals surface area contributed by atoms with E-state index < -0.39 is 0 Å². The van der Waals surface area contributed by atoms with E-state index in [4.69, 9.17) is 34.7 Å². The summed E-state index contributed by atoms with van der Waals surface area (Å²) in [6.45, 7) is 8.71. The lowest BCUT2D eigenvalue weighted by Gasteiger charge is -2.29. The Bertz CT molecular complexity index is 978. The molecule has 34 heavy (non-hydrogen) atoms. The molecular weight excluding hydrogens is 475 g/mol. The standard InChI is InChI=1S/C24H34Cl2N6O2/c1-15(2)23(30-14-17-4-5-19(25)20(26)12-17)31-24(34)21(16(3)13-27)29-8-11-32-9-6-18(7-10-32)22(28)33/h4-5,12-13,18,30H,6-11,14,27H2,1-3H3,(H2,28,33)(H,31,34)/b16-13-,29-21?. The van der Waals surface area contributed by atoms with E-state index in [0.717, 1.165) is 37.1 Å². The van der Waals surface area contributed by atoms with Crippen molar-refractivity contribution in [2.45, 2.75) is 40.2 Å². The summed E-state index contributed by atoms with van der Waals surface area (Å²) < 4.78 is 0. The molecule has 10 heteroatoms. The van der Waals surface area contributed by atoms with Crippen LogP contribution in [0.5, 0.6) is 0 Å². The second-order valence-electron chi connectivity index (χ2n) is 8.53. The van der Waals surface area contributed by atoms with Gasteiger partial charge in [-0.15, -0.1) is 0 Å². The Morgan fingerprint density at radius 1 is 1.18 bits per heavy atom. The van der Waals surface area contributed by atoms with Crippen LogP contribution in [0.4, 0.5) is 0 Å². The Labute approximate surface area is 211 Å². The first-order valence-electron chi connectivity index (χ1n) is 11.2. The third-order valence-electron chi connectivity index (χ3n) is 5.71. The monoisotopic (exact) mass is 508 g/mol. The highest BCUT2D eigenvalue weighted by atomic mass is 35.5. The molecule has 0 spiro atoms. The van der Waals surface area contributed by atoms with Crippen molar-refractivity contribution >= 4 is 40.7 Å². The van der Waals surface area contributed by atoms with E-state index in [1.165, 1.54) is 6.20 Å². The molecule has 1 aliphatic rings. The summed E-state index contributed by atoms with van der Waals surface area (Å²) in [6.07, 6.45) is 2.88. The molecule has 0 radical (unpaired) electrons. The second kappa shape index (κ2) is 13.4.